The van der Waals surface area contributed by atoms with Crippen molar-refractivity contribution in [2.45, 2.75) is 22.8 Å². The van der Waals surface area contributed by atoms with Gasteiger partial charge in [0.15, 0.2) is 0 Å². The van der Waals surface area contributed by atoms with Gasteiger partial charge in [0, 0.05) is 37.1 Å². The van der Waals surface area contributed by atoms with Crippen LogP contribution in [0.1, 0.15) is 23.2 Å². The normalized spacial score (nSPS) is 16.5. The third kappa shape index (κ3) is 3.84. The molecule has 2 amide bonds. The zero-order valence-corrected chi connectivity index (χ0v) is 15.8. The second-order valence-corrected chi connectivity index (χ2v) is 7.51. The number of ether oxygens (including phenoxy) is 1. The van der Waals surface area contributed by atoms with Gasteiger partial charge in [-0.3, -0.25) is 9.59 Å². The van der Waals surface area contributed by atoms with Gasteiger partial charge >= 0.3 is 0 Å². The minimum Gasteiger partial charge on any atom is -0.378 e. The number of fused-ring (bicyclic) bond motifs is 2. The van der Waals surface area contributed by atoms with Crippen LogP contribution in [-0.4, -0.2) is 54.5 Å². The first-order chi connectivity index (χ1) is 13.2. The molecule has 6 nitrogen and oxygen atoms in total. The van der Waals surface area contributed by atoms with E-state index in [1.54, 1.807) is 11.1 Å². The lowest BCUT2D eigenvalue weighted by Gasteiger charge is -2.27. The summed E-state index contributed by atoms with van der Waals surface area (Å²) in [6, 6.07) is 11.4. The van der Waals surface area contributed by atoms with Gasteiger partial charge in [0.25, 0.3) is 5.91 Å². The van der Waals surface area contributed by atoms with Crippen molar-refractivity contribution < 1.29 is 14.3 Å². The summed E-state index contributed by atoms with van der Waals surface area (Å²) in [6.07, 6.45) is 2.78. The lowest BCUT2D eigenvalue weighted by molar-refractivity contribution is -0.135. The standard InChI is InChI=1S/C20H21N3O3S/c24-18(22-11-13-26-14-12-22)8-4-10-23-16-6-3-9-21-19(16)27-17-7-2-1-5-15(17)20(23)25/h1-3,5-7,9H,4,8,10-14H2. The van der Waals surface area contributed by atoms with Crippen LogP contribution in [0.15, 0.2) is 52.5 Å². The Morgan fingerprint density at radius 1 is 1.15 bits per heavy atom. The molecule has 140 valence electrons. The summed E-state index contributed by atoms with van der Waals surface area (Å²) in [6.45, 7) is 2.99. The van der Waals surface area contributed by atoms with Gasteiger partial charge in [-0.25, -0.2) is 4.98 Å². The lowest BCUT2D eigenvalue weighted by Crippen LogP contribution is -2.41. The van der Waals surface area contributed by atoms with Crippen LogP contribution in [0.4, 0.5) is 5.69 Å². The molecule has 0 spiro atoms. The number of benzene rings is 1. The molecule has 1 aromatic heterocycles. The number of anilines is 1. The van der Waals surface area contributed by atoms with Crippen molar-refractivity contribution in [2.24, 2.45) is 0 Å². The highest BCUT2D eigenvalue weighted by Gasteiger charge is 2.27. The number of aromatic nitrogens is 1. The highest BCUT2D eigenvalue weighted by molar-refractivity contribution is 7.99. The van der Waals surface area contributed by atoms with Gasteiger partial charge in [0.1, 0.15) is 5.03 Å². The molecule has 2 aromatic rings. The molecule has 0 bridgehead atoms. The number of nitrogens with zero attached hydrogens (tertiary/aromatic N) is 3. The molecule has 2 aliphatic rings. The Bertz CT molecular complexity index is 852. The average molecular weight is 383 g/mol. The molecule has 0 unspecified atom stereocenters. The monoisotopic (exact) mass is 383 g/mol. The van der Waals surface area contributed by atoms with Crippen LogP contribution in [0.2, 0.25) is 0 Å². The fraction of sp³-hybridized carbons (Fsp3) is 0.350. The van der Waals surface area contributed by atoms with Crippen LogP contribution in [0.5, 0.6) is 0 Å². The smallest absolute Gasteiger partial charge is 0.259 e. The Morgan fingerprint density at radius 3 is 2.81 bits per heavy atom. The molecular formula is C20H21N3O3S. The summed E-state index contributed by atoms with van der Waals surface area (Å²) in [5.41, 5.74) is 1.49. The summed E-state index contributed by atoms with van der Waals surface area (Å²) in [5, 5.41) is 0.815. The van der Waals surface area contributed by atoms with E-state index in [0.29, 0.717) is 51.3 Å². The third-order valence-electron chi connectivity index (χ3n) is 4.75. The summed E-state index contributed by atoms with van der Waals surface area (Å²) in [4.78, 5) is 34.5. The SMILES string of the molecule is O=C(CCCN1C(=O)c2ccccc2Sc2ncccc21)N1CCOCC1. The van der Waals surface area contributed by atoms with E-state index in [1.807, 2.05) is 41.3 Å². The van der Waals surface area contributed by atoms with E-state index < -0.39 is 0 Å². The summed E-state index contributed by atoms with van der Waals surface area (Å²) in [5.74, 6) is 0.0884. The molecule has 1 saturated heterocycles. The van der Waals surface area contributed by atoms with Crippen LogP contribution < -0.4 is 4.90 Å². The maximum absolute atomic E-state index is 13.1. The van der Waals surface area contributed by atoms with Crippen molar-refractivity contribution in [2.75, 3.05) is 37.7 Å². The Hall–Kier alpha value is -2.38. The Labute approximate surface area is 162 Å². The third-order valence-corrected chi connectivity index (χ3v) is 5.83. The number of carbonyl (C=O) groups is 2. The number of amides is 2. The highest BCUT2D eigenvalue weighted by atomic mass is 32.2. The lowest BCUT2D eigenvalue weighted by atomic mass is 10.1. The second-order valence-electron chi connectivity index (χ2n) is 6.48. The van der Waals surface area contributed by atoms with E-state index in [9.17, 15) is 9.59 Å². The molecule has 7 heteroatoms. The Morgan fingerprint density at radius 2 is 1.96 bits per heavy atom. The summed E-state index contributed by atoms with van der Waals surface area (Å²) >= 11 is 1.51. The second kappa shape index (κ2) is 8.10. The van der Waals surface area contributed by atoms with Crippen molar-refractivity contribution in [3.8, 4) is 0 Å². The average Bonchev–Trinajstić information content (AvgIpc) is 2.83. The van der Waals surface area contributed by atoms with Crippen molar-refractivity contribution in [3.05, 3.63) is 48.2 Å². The number of morpholine rings is 1. The molecule has 0 saturated carbocycles. The first-order valence-corrected chi connectivity index (χ1v) is 9.95. The van der Waals surface area contributed by atoms with Gasteiger partial charge in [-0.05, 0) is 30.7 Å². The molecule has 1 aromatic carbocycles. The number of carbonyl (C=O) groups excluding carboxylic acids is 2. The van der Waals surface area contributed by atoms with Crippen LogP contribution in [0.3, 0.4) is 0 Å². The number of hydrogen-bond donors (Lipinski definition) is 0. The zero-order chi connectivity index (χ0) is 18.6. The molecular weight excluding hydrogens is 362 g/mol. The Balaban J connectivity index is 1.50. The maximum Gasteiger partial charge on any atom is 0.259 e. The predicted octanol–water partition coefficient (Wildman–Crippen LogP) is 2.83. The van der Waals surface area contributed by atoms with Gasteiger partial charge < -0.3 is 14.5 Å². The van der Waals surface area contributed by atoms with Crippen molar-refractivity contribution in [1.29, 1.82) is 0 Å². The van der Waals surface area contributed by atoms with Gasteiger partial charge in [0.05, 0.1) is 24.5 Å². The van der Waals surface area contributed by atoms with Crippen molar-refractivity contribution in [3.63, 3.8) is 0 Å². The van der Waals surface area contributed by atoms with Crippen LogP contribution >= 0.6 is 11.8 Å². The van der Waals surface area contributed by atoms with E-state index >= 15 is 0 Å². The molecule has 2 aliphatic heterocycles. The summed E-state index contributed by atoms with van der Waals surface area (Å²) in [7, 11) is 0. The van der Waals surface area contributed by atoms with Gasteiger partial charge in [0.2, 0.25) is 5.91 Å². The highest BCUT2D eigenvalue weighted by Crippen LogP contribution is 2.39. The molecule has 0 N–H and O–H groups in total. The fourth-order valence-electron chi connectivity index (χ4n) is 3.34. The molecule has 4 rings (SSSR count). The van der Waals surface area contributed by atoms with Gasteiger partial charge in [-0.1, -0.05) is 23.9 Å². The molecule has 27 heavy (non-hydrogen) atoms. The van der Waals surface area contributed by atoms with E-state index in [1.165, 1.54) is 11.8 Å². The molecule has 0 aliphatic carbocycles. The minimum absolute atomic E-state index is 0.0383. The van der Waals surface area contributed by atoms with Crippen molar-refractivity contribution in [1.82, 2.24) is 9.88 Å². The quantitative estimate of drug-likeness (QED) is 0.812. The van der Waals surface area contributed by atoms with Crippen LogP contribution in [-0.2, 0) is 9.53 Å². The van der Waals surface area contributed by atoms with Crippen LogP contribution in [0.25, 0.3) is 0 Å². The molecule has 1 fully saturated rings. The fourth-order valence-corrected chi connectivity index (χ4v) is 4.36. The Kier molecular flexibility index (Phi) is 5.40. The number of hydrogen-bond acceptors (Lipinski definition) is 5. The maximum atomic E-state index is 13.1. The molecule has 0 atom stereocenters. The molecule has 3 heterocycles. The number of rotatable bonds is 4. The minimum atomic E-state index is -0.0383. The van der Waals surface area contributed by atoms with Gasteiger partial charge in [-0.15, -0.1) is 0 Å². The van der Waals surface area contributed by atoms with Gasteiger partial charge in [-0.2, -0.15) is 0 Å². The van der Waals surface area contributed by atoms with E-state index in [4.69, 9.17) is 4.74 Å². The first kappa shape index (κ1) is 18.0. The zero-order valence-electron chi connectivity index (χ0n) is 15.0. The predicted molar refractivity (Wildman–Crippen MR) is 103 cm³/mol. The molecule has 0 radical (unpaired) electrons. The topological polar surface area (TPSA) is 62.7 Å². The van der Waals surface area contributed by atoms with E-state index in [-0.39, 0.29) is 11.8 Å². The van der Waals surface area contributed by atoms with Crippen molar-refractivity contribution >= 4 is 29.3 Å². The van der Waals surface area contributed by atoms with Crippen LogP contribution in [0, 0.1) is 0 Å². The summed E-state index contributed by atoms with van der Waals surface area (Å²) < 4.78 is 5.29. The first-order valence-electron chi connectivity index (χ1n) is 9.13. The number of pyridine rings is 1. The van der Waals surface area contributed by atoms with E-state index in [0.717, 1.165) is 15.6 Å². The van der Waals surface area contributed by atoms with E-state index in [2.05, 4.69) is 4.98 Å². The largest absolute Gasteiger partial charge is 0.378 e.